The van der Waals surface area contributed by atoms with E-state index in [0.29, 0.717) is 0 Å². The third-order valence-electron chi connectivity index (χ3n) is 10.7. The number of halogens is 40. The Labute approximate surface area is 392 Å². The van der Waals surface area contributed by atoms with Crippen molar-refractivity contribution in [1.29, 1.82) is 0 Å². The van der Waals surface area contributed by atoms with E-state index in [-0.39, 0.29) is 24.3 Å². The molecule has 0 unspecified atom stereocenters. The molecule has 0 aromatic heterocycles. The number of benzene rings is 1. The molecule has 0 N–H and O–H groups in total. The van der Waals surface area contributed by atoms with Gasteiger partial charge in [0.25, 0.3) is 0 Å². The average molecular weight is 1240 g/mol. The van der Waals surface area contributed by atoms with Crippen molar-refractivity contribution in [1.82, 2.24) is 0 Å². The molecule has 0 spiro atoms. The quantitative estimate of drug-likeness (QED) is 0.0586. The second-order valence-corrected chi connectivity index (χ2v) is 20.4. The summed E-state index contributed by atoms with van der Waals surface area (Å²) in [5.41, 5.74) is -2.74. The molecule has 0 fully saturated rings. The third-order valence-corrected chi connectivity index (χ3v) is 16.0. The zero-order valence-corrected chi connectivity index (χ0v) is 36.0. The molecule has 0 saturated carbocycles. The van der Waals surface area contributed by atoms with Crippen LogP contribution in [0.2, 0.25) is 18.1 Å². The summed E-state index contributed by atoms with van der Waals surface area (Å²) in [5, 5.41) is -2.00. The van der Waals surface area contributed by atoms with Gasteiger partial charge >= 0.3 is 113 Å². The van der Waals surface area contributed by atoms with E-state index < -0.39 is 176 Å². The topological polar surface area (TPSA) is 26.3 Å². The molecule has 1 rings (SSSR count). The predicted molar refractivity (Wildman–Crippen MR) is 169 cm³/mol. The maximum Gasteiger partial charge on any atom is 0.460 e. The highest BCUT2D eigenvalue weighted by atomic mass is 35.5. The molecule has 0 amide bonds. The van der Waals surface area contributed by atoms with Gasteiger partial charge in [-0.05, 0) is 23.7 Å². The lowest BCUT2D eigenvalue weighted by atomic mass is 9.93. The van der Waals surface area contributed by atoms with Crippen molar-refractivity contribution in [2.45, 2.75) is 151 Å². The van der Waals surface area contributed by atoms with Gasteiger partial charge in [0.2, 0.25) is 0 Å². The number of hydrogen-bond donors (Lipinski definition) is 0. The summed E-state index contributed by atoms with van der Waals surface area (Å²) in [6.07, 6.45) is -36.9. The highest BCUT2D eigenvalue weighted by Gasteiger charge is 2.93. The fourth-order valence-corrected chi connectivity index (χ4v) is 10.9. The normalized spacial score (nSPS) is 16.2. The Balaban J connectivity index is 4.58. The standard InChI is InChI=1S/C32H18ClF39O2Si/c33-14(73)74-11-12-1-3-13(4-2-12)75(8-5-15(34,35)18(40,41)21(46,47)24(52,53)27(58,59)30(64,65)66,9-6-16(36,37)19(42,43)22(48,49)25(54,55)28(60,61)31(67,68)69)10-7-17(38,39)20(44,45)23(50,51)26(56,57)29(62,63)32(70,71)72/h1-4H,5-11H2. The molecule has 75 heavy (non-hydrogen) atoms. The number of rotatable bonds is 24. The van der Waals surface area contributed by atoms with Crippen molar-refractivity contribution in [3.8, 4) is 0 Å². The van der Waals surface area contributed by atoms with Crippen LogP contribution in [0.3, 0.4) is 0 Å². The van der Waals surface area contributed by atoms with Crippen molar-refractivity contribution in [3.63, 3.8) is 0 Å². The van der Waals surface area contributed by atoms with E-state index in [1.807, 2.05) is 0 Å². The van der Waals surface area contributed by atoms with Crippen molar-refractivity contribution in [3.05, 3.63) is 29.8 Å². The molecule has 0 bridgehead atoms. The average Bonchev–Trinajstić information content (AvgIpc) is 3.20. The second kappa shape index (κ2) is 19.7. The van der Waals surface area contributed by atoms with Gasteiger partial charge in [0, 0.05) is 30.9 Å². The molecule has 442 valence electrons. The van der Waals surface area contributed by atoms with Gasteiger partial charge in [0.1, 0.15) is 6.61 Å². The van der Waals surface area contributed by atoms with Crippen LogP contribution in [-0.2, 0) is 11.3 Å². The number of alkyl halides is 39. The zero-order valence-electron chi connectivity index (χ0n) is 34.2. The zero-order chi connectivity index (χ0) is 60.7. The first kappa shape index (κ1) is 69.5. The van der Waals surface area contributed by atoms with E-state index in [4.69, 9.17) is 11.6 Å². The van der Waals surface area contributed by atoms with E-state index in [2.05, 4.69) is 4.74 Å². The molecule has 2 nitrogen and oxygen atoms in total. The third kappa shape index (κ3) is 11.0. The Bertz CT molecular complexity index is 1950. The highest BCUT2D eigenvalue weighted by molar-refractivity contribution is 6.92. The molecule has 0 aliphatic heterocycles. The Morgan fingerprint density at radius 1 is 0.333 bits per heavy atom. The van der Waals surface area contributed by atoms with E-state index in [0.717, 1.165) is 0 Å². The van der Waals surface area contributed by atoms with Crippen LogP contribution in [0.1, 0.15) is 24.8 Å². The SMILES string of the molecule is O=C(Cl)OCc1ccc([Si](CCC(F)(F)C(F)(F)C(F)(F)C(F)(F)C(F)(F)C(F)(F)F)(CCC(F)(F)C(F)(F)C(F)(F)C(F)(F)C(F)(F)C(F)(F)F)CCC(F)(F)C(F)(F)C(F)(F)C(F)(F)C(F)(F)C(F)(F)F)cc1. The van der Waals surface area contributed by atoms with E-state index >= 15 is 26.3 Å². The van der Waals surface area contributed by atoms with Gasteiger partial charge in [-0.1, -0.05) is 29.5 Å². The molecule has 0 saturated heterocycles. The van der Waals surface area contributed by atoms with Gasteiger partial charge < -0.3 is 4.74 Å². The van der Waals surface area contributed by atoms with Crippen LogP contribution < -0.4 is 5.19 Å². The fraction of sp³-hybridized carbons (Fsp3) is 0.781. The van der Waals surface area contributed by atoms with E-state index in [1.165, 1.54) is 0 Å². The van der Waals surface area contributed by atoms with Crippen LogP contribution in [-0.4, -0.2) is 121 Å². The largest absolute Gasteiger partial charge is 0.460 e. The lowest BCUT2D eigenvalue weighted by Crippen LogP contribution is -2.70. The number of ether oxygens (including phenoxy) is 1. The van der Waals surface area contributed by atoms with Gasteiger partial charge in [-0.15, -0.1) is 0 Å². The minimum absolute atomic E-state index is 0.0128. The molecule has 0 aliphatic rings. The molecule has 1 aromatic carbocycles. The Hall–Kier alpha value is -3.53. The van der Waals surface area contributed by atoms with Gasteiger partial charge in [-0.2, -0.15) is 171 Å². The molecular formula is C32H18ClF39O2Si. The Morgan fingerprint density at radius 3 is 0.720 bits per heavy atom. The van der Waals surface area contributed by atoms with Crippen LogP contribution in [0.5, 0.6) is 0 Å². The highest BCUT2D eigenvalue weighted by Crippen LogP contribution is 2.65. The Morgan fingerprint density at radius 2 is 0.533 bits per heavy atom. The van der Waals surface area contributed by atoms with Crippen LogP contribution in [0.15, 0.2) is 24.3 Å². The number of carbonyl (C=O) groups is 1. The van der Waals surface area contributed by atoms with Gasteiger partial charge in [-0.3, -0.25) is 0 Å². The van der Waals surface area contributed by atoms with Gasteiger partial charge in [0.15, 0.2) is 0 Å². The molecular weight excluding hydrogens is 1220 g/mol. The maximum atomic E-state index is 15.2. The van der Waals surface area contributed by atoms with E-state index in [1.54, 1.807) is 0 Å². The second-order valence-electron chi connectivity index (χ2n) is 15.5. The minimum atomic E-state index is -8.93. The summed E-state index contributed by atoms with van der Waals surface area (Å²) in [5.74, 6) is -128. The molecule has 0 atom stereocenters. The number of hydrogen-bond acceptors (Lipinski definition) is 2. The Kier molecular flexibility index (Phi) is 18.2. The molecule has 43 heteroatoms. The van der Waals surface area contributed by atoms with Crippen LogP contribution >= 0.6 is 11.6 Å². The van der Waals surface area contributed by atoms with Crippen molar-refractivity contribution in [2.75, 3.05) is 0 Å². The lowest BCUT2D eigenvalue weighted by Gasteiger charge is -2.43. The summed E-state index contributed by atoms with van der Waals surface area (Å²) in [7, 11) is -7.18. The van der Waals surface area contributed by atoms with Gasteiger partial charge in [0.05, 0.1) is 8.07 Å². The molecule has 0 heterocycles. The van der Waals surface area contributed by atoms with Crippen LogP contribution in [0.4, 0.5) is 176 Å². The molecule has 1 aromatic rings. The van der Waals surface area contributed by atoms with Crippen LogP contribution in [0.25, 0.3) is 0 Å². The smallest absolute Gasteiger partial charge is 0.449 e. The predicted octanol–water partition coefficient (Wildman–Crippen LogP) is 16.6. The first-order valence-corrected chi connectivity index (χ1v) is 21.1. The summed E-state index contributed by atoms with van der Waals surface area (Å²) in [6.45, 7) is -1.36. The monoisotopic (exact) mass is 1240 g/mol. The fourth-order valence-electron chi connectivity index (χ4n) is 5.97. The van der Waals surface area contributed by atoms with E-state index in [9.17, 15) is 150 Å². The number of carbonyl (C=O) groups excluding carboxylic acids is 1. The minimum Gasteiger partial charge on any atom is -0.449 e. The molecule has 0 radical (unpaired) electrons. The maximum absolute atomic E-state index is 15.2. The summed E-state index contributed by atoms with van der Waals surface area (Å²) < 4.78 is 547. The first-order chi connectivity index (χ1) is 32.3. The first-order valence-electron chi connectivity index (χ1n) is 18.1. The van der Waals surface area contributed by atoms with Gasteiger partial charge in [-0.25, -0.2) is 4.79 Å². The van der Waals surface area contributed by atoms with Crippen LogP contribution in [0, 0.1) is 0 Å². The summed E-state index contributed by atoms with van der Waals surface area (Å²) >= 11 is 4.77. The lowest BCUT2D eigenvalue weighted by molar-refractivity contribution is -0.440. The van der Waals surface area contributed by atoms with Crippen molar-refractivity contribution in [2.24, 2.45) is 0 Å². The summed E-state index contributed by atoms with van der Waals surface area (Å²) in [4.78, 5) is 10.9. The summed E-state index contributed by atoms with van der Waals surface area (Å²) in [6, 6.07) is -10.7. The molecule has 0 aliphatic carbocycles. The van der Waals surface area contributed by atoms with Crippen molar-refractivity contribution < 1.29 is 181 Å². The van der Waals surface area contributed by atoms with Crippen molar-refractivity contribution >= 4 is 30.3 Å².